The van der Waals surface area contributed by atoms with E-state index in [1.165, 1.54) is 6.20 Å². The molecule has 0 unspecified atom stereocenters. The number of aromatic nitrogens is 2. The lowest BCUT2D eigenvalue weighted by Gasteiger charge is -2.33. The molecule has 4 heterocycles. The number of rotatable bonds is 6. The fourth-order valence-electron chi connectivity index (χ4n) is 4.53. The van der Waals surface area contributed by atoms with E-state index in [0.29, 0.717) is 58.2 Å². The molecule has 0 aliphatic carbocycles. The fraction of sp³-hybridized carbons (Fsp3) is 0.556. The van der Waals surface area contributed by atoms with Crippen LogP contribution in [0.5, 0.6) is 0 Å². The Kier molecular flexibility index (Phi) is 9.33. The molecule has 2 aromatic heterocycles. The average Bonchev–Trinajstić information content (AvgIpc) is 2.89. The molecule has 2 aromatic rings. The number of nitrogens with one attached hydrogen (secondary N) is 2. The molecule has 2 aliphatic rings. The van der Waals surface area contributed by atoms with E-state index in [1.54, 1.807) is 17.0 Å². The largest absolute Gasteiger partial charge is 0.444 e. The van der Waals surface area contributed by atoms with Crippen molar-refractivity contribution in [3.63, 3.8) is 0 Å². The summed E-state index contributed by atoms with van der Waals surface area (Å²) in [5.74, 6) is 0.963. The molecule has 0 saturated carbocycles. The zero-order valence-corrected chi connectivity index (χ0v) is 23.6. The number of ether oxygens (including phenoxy) is 2. The summed E-state index contributed by atoms with van der Waals surface area (Å²) in [4.78, 5) is 36.1. The average molecular weight is 565 g/mol. The Hall–Kier alpha value is -2.62. The van der Waals surface area contributed by atoms with E-state index in [0.717, 1.165) is 32.6 Å². The number of carbonyl (C=O) groups excluding carboxylic acids is 2. The smallest absolute Gasteiger partial charge is 0.410 e. The van der Waals surface area contributed by atoms with Gasteiger partial charge in [0.2, 0.25) is 5.91 Å². The molecule has 2 saturated heterocycles. The number of amides is 2. The molecule has 11 heteroatoms. The Labute approximate surface area is 233 Å². The SMILES string of the molecule is CC(C)(C)OC(=O)N1CCC[C@@H](C(=O)Nc2cc(-c3nc(NCC4CCOCC4)ccc3Cl)c(Cl)cn2)C1. The van der Waals surface area contributed by atoms with Gasteiger partial charge in [0.25, 0.3) is 0 Å². The van der Waals surface area contributed by atoms with Crippen LogP contribution in [-0.4, -0.2) is 65.3 Å². The van der Waals surface area contributed by atoms with Crippen molar-refractivity contribution >= 4 is 46.8 Å². The zero-order chi connectivity index (χ0) is 27.3. The minimum Gasteiger partial charge on any atom is -0.444 e. The molecular formula is C27H35Cl2N5O4. The van der Waals surface area contributed by atoms with Gasteiger partial charge in [0, 0.05) is 44.6 Å². The van der Waals surface area contributed by atoms with Gasteiger partial charge >= 0.3 is 6.09 Å². The summed E-state index contributed by atoms with van der Waals surface area (Å²) in [6, 6.07) is 5.28. The van der Waals surface area contributed by atoms with Crippen molar-refractivity contribution in [2.45, 2.75) is 52.1 Å². The summed E-state index contributed by atoms with van der Waals surface area (Å²) in [5.41, 5.74) is 0.471. The Balaban J connectivity index is 1.44. The Morgan fingerprint density at radius 2 is 1.89 bits per heavy atom. The second kappa shape index (κ2) is 12.5. The van der Waals surface area contributed by atoms with Gasteiger partial charge in [-0.15, -0.1) is 0 Å². The highest BCUT2D eigenvalue weighted by Gasteiger charge is 2.31. The second-order valence-electron chi connectivity index (χ2n) is 10.8. The molecule has 38 heavy (non-hydrogen) atoms. The van der Waals surface area contributed by atoms with Crippen LogP contribution >= 0.6 is 23.2 Å². The molecule has 0 aromatic carbocycles. The fourth-order valence-corrected chi connectivity index (χ4v) is 4.93. The number of anilines is 2. The number of hydrogen-bond donors (Lipinski definition) is 2. The summed E-state index contributed by atoms with van der Waals surface area (Å²) < 4.78 is 10.9. The molecule has 2 N–H and O–H groups in total. The predicted molar refractivity (Wildman–Crippen MR) is 149 cm³/mol. The number of likely N-dealkylation sites (tertiary alicyclic amines) is 1. The van der Waals surface area contributed by atoms with E-state index in [9.17, 15) is 9.59 Å². The first-order chi connectivity index (χ1) is 18.1. The highest BCUT2D eigenvalue weighted by molar-refractivity contribution is 6.36. The van der Waals surface area contributed by atoms with E-state index in [-0.39, 0.29) is 18.4 Å². The first kappa shape index (κ1) is 28.4. The molecule has 1 atom stereocenters. The molecule has 2 fully saturated rings. The van der Waals surface area contributed by atoms with Gasteiger partial charge in [0.1, 0.15) is 17.2 Å². The zero-order valence-electron chi connectivity index (χ0n) is 22.1. The number of halogens is 2. The maximum absolute atomic E-state index is 13.1. The third-order valence-corrected chi connectivity index (χ3v) is 7.17. The van der Waals surface area contributed by atoms with E-state index in [4.69, 9.17) is 37.7 Å². The molecule has 2 aliphatic heterocycles. The molecule has 0 spiro atoms. The molecule has 9 nitrogen and oxygen atoms in total. The van der Waals surface area contributed by atoms with E-state index < -0.39 is 11.7 Å². The highest BCUT2D eigenvalue weighted by atomic mass is 35.5. The van der Waals surface area contributed by atoms with Crippen LogP contribution in [0.15, 0.2) is 24.4 Å². The summed E-state index contributed by atoms with van der Waals surface area (Å²) >= 11 is 13.0. The third-order valence-electron chi connectivity index (χ3n) is 6.56. The molecule has 0 radical (unpaired) electrons. The topological polar surface area (TPSA) is 106 Å². The van der Waals surface area contributed by atoms with Crippen LogP contribution in [0.3, 0.4) is 0 Å². The Morgan fingerprint density at radius 3 is 2.63 bits per heavy atom. The van der Waals surface area contributed by atoms with Gasteiger partial charge in [-0.2, -0.15) is 0 Å². The van der Waals surface area contributed by atoms with E-state index in [2.05, 4.69) is 15.6 Å². The summed E-state index contributed by atoms with van der Waals surface area (Å²) in [5, 5.41) is 7.07. The molecule has 0 bridgehead atoms. The number of nitrogens with zero attached hydrogens (tertiary/aromatic N) is 3. The quantitative estimate of drug-likeness (QED) is 0.452. The van der Waals surface area contributed by atoms with Crippen molar-refractivity contribution < 1.29 is 19.1 Å². The number of piperidine rings is 1. The third kappa shape index (κ3) is 7.71. The molecule has 4 rings (SSSR count). The minimum atomic E-state index is -0.594. The van der Waals surface area contributed by atoms with Gasteiger partial charge in [-0.25, -0.2) is 14.8 Å². The van der Waals surface area contributed by atoms with Crippen molar-refractivity contribution in [1.82, 2.24) is 14.9 Å². The van der Waals surface area contributed by atoms with Crippen LogP contribution in [0.4, 0.5) is 16.4 Å². The minimum absolute atomic E-state index is 0.218. The maximum atomic E-state index is 13.1. The standard InChI is InChI=1S/C27H35Cl2N5O4/c1-27(2,3)38-26(36)34-10-4-5-18(16-34)25(35)33-23-13-19(21(29)15-31-23)24-20(28)6-7-22(32-24)30-14-17-8-11-37-12-9-17/h6-7,13,15,17-18H,4-5,8-12,14,16H2,1-3H3,(H,30,32)(H,31,33,35)/t18-/m1/s1. The van der Waals surface area contributed by atoms with Crippen LogP contribution in [0.25, 0.3) is 11.3 Å². The van der Waals surface area contributed by atoms with Crippen LogP contribution in [0.2, 0.25) is 10.0 Å². The van der Waals surface area contributed by atoms with Gasteiger partial charge in [0.15, 0.2) is 0 Å². The lowest BCUT2D eigenvalue weighted by molar-refractivity contribution is -0.121. The van der Waals surface area contributed by atoms with E-state index in [1.807, 2.05) is 26.8 Å². The van der Waals surface area contributed by atoms with Crippen molar-refractivity contribution in [2.24, 2.45) is 11.8 Å². The Morgan fingerprint density at radius 1 is 1.13 bits per heavy atom. The van der Waals surface area contributed by atoms with Crippen molar-refractivity contribution in [3.05, 3.63) is 34.4 Å². The van der Waals surface area contributed by atoms with Crippen molar-refractivity contribution in [1.29, 1.82) is 0 Å². The van der Waals surface area contributed by atoms with Crippen molar-refractivity contribution in [2.75, 3.05) is 43.5 Å². The lowest BCUT2D eigenvalue weighted by atomic mass is 9.97. The van der Waals surface area contributed by atoms with Crippen LogP contribution < -0.4 is 10.6 Å². The molecule has 206 valence electrons. The Bertz CT molecular complexity index is 1150. The highest BCUT2D eigenvalue weighted by Crippen LogP contribution is 2.34. The van der Waals surface area contributed by atoms with Gasteiger partial charge in [0.05, 0.1) is 21.7 Å². The predicted octanol–water partition coefficient (Wildman–Crippen LogP) is 5.87. The maximum Gasteiger partial charge on any atom is 0.410 e. The number of pyridine rings is 2. The first-order valence-corrected chi connectivity index (χ1v) is 13.8. The summed E-state index contributed by atoms with van der Waals surface area (Å²) in [6.45, 7) is 8.68. The number of carbonyl (C=O) groups is 2. The molecular weight excluding hydrogens is 529 g/mol. The molecule has 2 amide bonds. The monoisotopic (exact) mass is 563 g/mol. The van der Waals surface area contributed by atoms with Gasteiger partial charge < -0.3 is 25.0 Å². The van der Waals surface area contributed by atoms with Crippen LogP contribution in [0.1, 0.15) is 46.5 Å². The second-order valence-corrected chi connectivity index (χ2v) is 11.6. The lowest BCUT2D eigenvalue weighted by Crippen LogP contribution is -2.45. The van der Waals surface area contributed by atoms with Crippen LogP contribution in [0, 0.1) is 11.8 Å². The summed E-state index contributed by atoms with van der Waals surface area (Å²) in [6.07, 6.45) is 4.48. The summed E-state index contributed by atoms with van der Waals surface area (Å²) in [7, 11) is 0. The van der Waals surface area contributed by atoms with Crippen molar-refractivity contribution in [3.8, 4) is 11.3 Å². The van der Waals surface area contributed by atoms with Gasteiger partial charge in [-0.1, -0.05) is 23.2 Å². The van der Waals surface area contributed by atoms with Gasteiger partial charge in [-0.05, 0) is 70.6 Å². The van der Waals surface area contributed by atoms with Gasteiger partial charge in [-0.3, -0.25) is 4.79 Å². The normalized spacial score (nSPS) is 18.7. The first-order valence-electron chi connectivity index (χ1n) is 13.0. The van der Waals surface area contributed by atoms with Crippen LogP contribution in [-0.2, 0) is 14.3 Å². The van der Waals surface area contributed by atoms with E-state index >= 15 is 0 Å². The number of hydrogen-bond acceptors (Lipinski definition) is 7.